The summed E-state index contributed by atoms with van der Waals surface area (Å²) in [6.07, 6.45) is 0. The van der Waals surface area contributed by atoms with E-state index in [9.17, 15) is 4.79 Å². The van der Waals surface area contributed by atoms with Gasteiger partial charge in [0.25, 0.3) is 0 Å². The molecule has 25 heavy (non-hydrogen) atoms. The summed E-state index contributed by atoms with van der Waals surface area (Å²) in [6, 6.07) is 27.2. The van der Waals surface area contributed by atoms with E-state index in [4.69, 9.17) is 11.6 Å². The van der Waals surface area contributed by atoms with Gasteiger partial charge in [-0.3, -0.25) is 4.79 Å². The first-order chi connectivity index (χ1) is 12.2. The van der Waals surface area contributed by atoms with Crippen LogP contribution in [-0.2, 0) is 11.3 Å². The van der Waals surface area contributed by atoms with Gasteiger partial charge in [-0.1, -0.05) is 66.2 Å². The minimum absolute atomic E-state index is 0.0814. The van der Waals surface area contributed by atoms with Crippen LogP contribution in [0.25, 0.3) is 0 Å². The Morgan fingerprint density at radius 3 is 2.24 bits per heavy atom. The van der Waals surface area contributed by atoms with E-state index >= 15 is 0 Å². The number of nitrogens with one attached hydrogen (secondary N) is 1. The Morgan fingerprint density at radius 1 is 0.880 bits per heavy atom. The third-order valence-corrected chi connectivity index (χ3v) is 4.02. The van der Waals surface area contributed by atoms with Gasteiger partial charge >= 0.3 is 0 Å². The fourth-order valence-corrected chi connectivity index (χ4v) is 2.81. The van der Waals surface area contributed by atoms with Crippen LogP contribution in [0, 0.1) is 0 Å². The molecule has 0 aliphatic rings. The molecule has 1 amide bonds. The van der Waals surface area contributed by atoms with Crippen LogP contribution >= 0.6 is 11.6 Å². The van der Waals surface area contributed by atoms with Crippen LogP contribution in [0.2, 0.25) is 5.02 Å². The van der Waals surface area contributed by atoms with E-state index in [0.717, 1.165) is 11.3 Å². The molecule has 0 atom stereocenters. The van der Waals surface area contributed by atoms with Gasteiger partial charge in [0, 0.05) is 22.9 Å². The van der Waals surface area contributed by atoms with Crippen molar-refractivity contribution in [2.75, 3.05) is 16.8 Å². The second kappa shape index (κ2) is 8.36. The molecule has 3 aromatic carbocycles. The molecule has 0 saturated heterocycles. The van der Waals surface area contributed by atoms with Crippen molar-refractivity contribution >= 4 is 28.9 Å². The number of para-hydroxylation sites is 1. The van der Waals surface area contributed by atoms with E-state index in [-0.39, 0.29) is 12.5 Å². The summed E-state index contributed by atoms with van der Waals surface area (Å²) in [5.41, 5.74) is 2.86. The lowest BCUT2D eigenvalue weighted by molar-refractivity contribution is -0.115. The standard InChI is InChI=1S/C21H19ClN2O/c22-18-10-7-11-19(14-18)23-21(25)16-24(20-12-5-2-6-13-20)15-17-8-3-1-4-9-17/h1-14H,15-16H2,(H,23,25). The van der Waals surface area contributed by atoms with Crippen molar-refractivity contribution in [2.24, 2.45) is 0 Å². The quantitative estimate of drug-likeness (QED) is 0.679. The number of carbonyl (C=O) groups excluding carboxylic acids is 1. The molecular formula is C21H19ClN2O. The first-order valence-electron chi connectivity index (χ1n) is 8.10. The Labute approximate surface area is 152 Å². The maximum absolute atomic E-state index is 12.5. The zero-order valence-electron chi connectivity index (χ0n) is 13.7. The second-order valence-electron chi connectivity index (χ2n) is 5.74. The lowest BCUT2D eigenvalue weighted by Crippen LogP contribution is -2.32. The summed E-state index contributed by atoms with van der Waals surface area (Å²) in [5, 5.41) is 3.50. The summed E-state index contributed by atoms with van der Waals surface area (Å²) in [4.78, 5) is 14.6. The molecule has 0 aliphatic heterocycles. The van der Waals surface area contributed by atoms with Crippen LogP contribution in [0.4, 0.5) is 11.4 Å². The zero-order chi connectivity index (χ0) is 17.5. The van der Waals surface area contributed by atoms with E-state index < -0.39 is 0 Å². The Bertz CT molecular complexity index is 822. The molecule has 4 heteroatoms. The molecule has 0 aromatic heterocycles. The third kappa shape index (κ3) is 5.10. The monoisotopic (exact) mass is 350 g/mol. The topological polar surface area (TPSA) is 32.3 Å². The normalized spacial score (nSPS) is 10.3. The molecule has 1 N–H and O–H groups in total. The van der Waals surface area contributed by atoms with Gasteiger partial charge in [-0.2, -0.15) is 0 Å². The Balaban J connectivity index is 1.74. The SMILES string of the molecule is O=C(CN(Cc1ccccc1)c1ccccc1)Nc1cccc(Cl)c1. The lowest BCUT2D eigenvalue weighted by atomic mass is 10.2. The zero-order valence-corrected chi connectivity index (χ0v) is 14.5. The van der Waals surface area contributed by atoms with E-state index in [1.165, 1.54) is 0 Å². The van der Waals surface area contributed by atoms with Crippen LogP contribution in [0.15, 0.2) is 84.9 Å². The van der Waals surface area contributed by atoms with Crippen molar-refractivity contribution in [3.63, 3.8) is 0 Å². The molecule has 0 heterocycles. The third-order valence-electron chi connectivity index (χ3n) is 3.78. The van der Waals surface area contributed by atoms with Gasteiger partial charge < -0.3 is 10.2 Å². The second-order valence-corrected chi connectivity index (χ2v) is 6.17. The minimum Gasteiger partial charge on any atom is -0.358 e. The van der Waals surface area contributed by atoms with Gasteiger partial charge in [0.2, 0.25) is 5.91 Å². The number of carbonyl (C=O) groups is 1. The predicted molar refractivity (Wildman–Crippen MR) is 104 cm³/mol. The van der Waals surface area contributed by atoms with Gasteiger partial charge in [-0.25, -0.2) is 0 Å². The number of amides is 1. The number of hydrogen-bond acceptors (Lipinski definition) is 2. The average Bonchev–Trinajstić information content (AvgIpc) is 2.63. The molecule has 3 rings (SSSR count). The molecule has 0 fully saturated rings. The highest BCUT2D eigenvalue weighted by atomic mass is 35.5. The largest absolute Gasteiger partial charge is 0.358 e. The molecule has 0 saturated carbocycles. The van der Waals surface area contributed by atoms with E-state index in [1.807, 2.05) is 60.7 Å². The molecule has 0 spiro atoms. The van der Waals surface area contributed by atoms with Crippen molar-refractivity contribution in [3.8, 4) is 0 Å². The van der Waals surface area contributed by atoms with Crippen LogP contribution in [0.5, 0.6) is 0 Å². The van der Waals surface area contributed by atoms with E-state index in [2.05, 4.69) is 22.3 Å². The summed E-state index contributed by atoms with van der Waals surface area (Å²) in [5.74, 6) is -0.0814. The maximum Gasteiger partial charge on any atom is 0.243 e. The average molecular weight is 351 g/mol. The summed E-state index contributed by atoms with van der Waals surface area (Å²) in [7, 11) is 0. The van der Waals surface area contributed by atoms with Crippen molar-refractivity contribution in [3.05, 3.63) is 95.5 Å². The molecule has 0 radical (unpaired) electrons. The molecule has 0 aliphatic carbocycles. The van der Waals surface area contributed by atoms with Gasteiger partial charge in [0.05, 0.1) is 6.54 Å². The van der Waals surface area contributed by atoms with Crippen LogP contribution in [-0.4, -0.2) is 12.5 Å². The molecule has 126 valence electrons. The number of benzene rings is 3. The predicted octanol–water partition coefficient (Wildman–Crippen LogP) is 4.99. The first-order valence-corrected chi connectivity index (χ1v) is 8.48. The highest BCUT2D eigenvalue weighted by molar-refractivity contribution is 6.30. The van der Waals surface area contributed by atoms with Crippen LogP contribution < -0.4 is 10.2 Å². The minimum atomic E-state index is -0.0814. The Kier molecular flexibility index (Phi) is 5.70. The van der Waals surface area contributed by atoms with Crippen molar-refractivity contribution < 1.29 is 4.79 Å². The number of rotatable bonds is 6. The number of anilines is 2. The number of halogens is 1. The number of nitrogens with zero attached hydrogens (tertiary/aromatic N) is 1. The van der Waals surface area contributed by atoms with Crippen molar-refractivity contribution in [2.45, 2.75) is 6.54 Å². The van der Waals surface area contributed by atoms with Gasteiger partial charge in [-0.05, 0) is 35.9 Å². The summed E-state index contributed by atoms with van der Waals surface area (Å²) in [6.45, 7) is 0.916. The highest BCUT2D eigenvalue weighted by Crippen LogP contribution is 2.18. The van der Waals surface area contributed by atoms with Crippen molar-refractivity contribution in [1.82, 2.24) is 0 Å². The maximum atomic E-state index is 12.5. The van der Waals surface area contributed by atoms with Crippen LogP contribution in [0.3, 0.4) is 0 Å². The van der Waals surface area contributed by atoms with Gasteiger partial charge in [-0.15, -0.1) is 0 Å². The molecule has 0 bridgehead atoms. The fraction of sp³-hybridized carbons (Fsp3) is 0.0952. The molecule has 0 unspecified atom stereocenters. The highest BCUT2D eigenvalue weighted by Gasteiger charge is 2.12. The molecule has 3 nitrogen and oxygen atoms in total. The number of hydrogen-bond donors (Lipinski definition) is 1. The van der Waals surface area contributed by atoms with Crippen LogP contribution in [0.1, 0.15) is 5.56 Å². The van der Waals surface area contributed by atoms with Gasteiger partial charge in [0.1, 0.15) is 0 Å². The van der Waals surface area contributed by atoms with Crippen molar-refractivity contribution in [1.29, 1.82) is 0 Å². The Morgan fingerprint density at radius 2 is 1.56 bits per heavy atom. The Hall–Kier alpha value is -2.78. The molecular weight excluding hydrogens is 332 g/mol. The smallest absolute Gasteiger partial charge is 0.243 e. The van der Waals surface area contributed by atoms with E-state index in [1.54, 1.807) is 12.1 Å². The lowest BCUT2D eigenvalue weighted by Gasteiger charge is -2.24. The van der Waals surface area contributed by atoms with Gasteiger partial charge in [0.15, 0.2) is 0 Å². The van der Waals surface area contributed by atoms with E-state index in [0.29, 0.717) is 17.3 Å². The molecule has 3 aromatic rings. The fourth-order valence-electron chi connectivity index (χ4n) is 2.62. The summed E-state index contributed by atoms with van der Waals surface area (Å²) < 4.78 is 0. The first kappa shape index (κ1) is 17.1. The summed E-state index contributed by atoms with van der Waals surface area (Å²) >= 11 is 5.98.